The van der Waals surface area contributed by atoms with E-state index in [0.29, 0.717) is 12.5 Å². The minimum absolute atomic E-state index is 0.110. The van der Waals surface area contributed by atoms with Gasteiger partial charge in [-0.15, -0.1) is 0 Å². The molecule has 1 aromatic rings. The van der Waals surface area contributed by atoms with Crippen molar-refractivity contribution in [3.05, 3.63) is 12.4 Å². The molecule has 0 aliphatic rings. The Kier molecular flexibility index (Phi) is 5.64. The van der Waals surface area contributed by atoms with Crippen LogP contribution in [0.5, 0.6) is 0 Å². The summed E-state index contributed by atoms with van der Waals surface area (Å²) in [5.41, 5.74) is 0. The molecule has 0 bridgehead atoms. The van der Waals surface area contributed by atoms with Gasteiger partial charge >= 0.3 is 0 Å². The third-order valence-corrected chi connectivity index (χ3v) is 4.45. The molecule has 0 saturated carbocycles. The minimum atomic E-state index is -3.50. The van der Waals surface area contributed by atoms with Crippen LogP contribution < -0.4 is 5.32 Å². The molecule has 1 rings (SSSR count). The molecule has 8 heteroatoms. The summed E-state index contributed by atoms with van der Waals surface area (Å²) in [6, 6.07) is 0. The summed E-state index contributed by atoms with van der Waals surface area (Å²) >= 11 is 0. The molecule has 0 radical (unpaired) electrons. The van der Waals surface area contributed by atoms with E-state index < -0.39 is 10.0 Å². The van der Waals surface area contributed by atoms with Crippen molar-refractivity contribution in [2.45, 2.75) is 11.3 Å². The molecule has 0 aliphatic heterocycles. The SMILES string of the molecule is CNc1ncc(S(=O)(=O)N(C)CCCN(C)C)cn1. The highest BCUT2D eigenvalue weighted by Crippen LogP contribution is 2.13. The quantitative estimate of drug-likeness (QED) is 0.766. The van der Waals surface area contributed by atoms with Gasteiger partial charge in [-0.25, -0.2) is 22.7 Å². The number of nitrogens with one attached hydrogen (secondary N) is 1. The summed E-state index contributed by atoms with van der Waals surface area (Å²) in [4.78, 5) is 9.97. The van der Waals surface area contributed by atoms with Crippen LogP contribution in [0.15, 0.2) is 17.3 Å². The van der Waals surface area contributed by atoms with Crippen molar-refractivity contribution in [2.75, 3.05) is 46.6 Å². The van der Waals surface area contributed by atoms with Crippen molar-refractivity contribution in [3.63, 3.8) is 0 Å². The fraction of sp³-hybridized carbons (Fsp3) is 0.636. The molecule has 0 unspecified atom stereocenters. The van der Waals surface area contributed by atoms with Crippen LogP contribution >= 0.6 is 0 Å². The Morgan fingerprint density at radius 3 is 2.21 bits per heavy atom. The van der Waals surface area contributed by atoms with E-state index in [0.717, 1.165) is 13.0 Å². The Balaban J connectivity index is 2.72. The Morgan fingerprint density at radius 2 is 1.74 bits per heavy atom. The summed E-state index contributed by atoms with van der Waals surface area (Å²) in [7, 11) is 3.66. The Hall–Kier alpha value is -1.25. The van der Waals surface area contributed by atoms with Crippen molar-refractivity contribution in [3.8, 4) is 0 Å². The van der Waals surface area contributed by atoms with Gasteiger partial charge in [0, 0.05) is 20.6 Å². The zero-order chi connectivity index (χ0) is 14.5. The molecule has 0 fully saturated rings. The highest BCUT2D eigenvalue weighted by Gasteiger charge is 2.21. The smallest absolute Gasteiger partial charge is 0.245 e. The molecule has 1 heterocycles. The number of anilines is 1. The second kappa shape index (κ2) is 6.78. The minimum Gasteiger partial charge on any atom is -0.357 e. The number of sulfonamides is 1. The lowest BCUT2D eigenvalue weighted by Gasteiger charge is -2.18. The van der Waals surface area contributed by atoms with E-state index in [2.05, 4.69) is 15.3 Å². The zero-order valence-corrected chi connectivity index (χ0v) is 12.6. The van der Waals surface area contributed by atoms with Crippen LogP contribution in [0, 0.1) is 0 Å². The van der Waals surface area contributed by atoms with Gasteiger partial charge in [0.05, 0.1) is 12.4 Å². The lowest BCUT2D eigenvalue weighted by molar-refractivity contribution is 0.370. The van der Waals surface area contributed by atoms with Crippen LogP contribution in [0.1, 0.15) is 6.42 Å². The second-order valence-corrected chi connectivity index (χ2v) is 6.52. The van der Waals surface area contributed by atoms with Crippen LogP contribution in [-0.4, -0.2) is 68.9 Å². The predicted octanol–water partition coefficient (Wildman–Crippen LogP) is 0.0905. The van der Waals surface area contributed by atoms with Gasteiger partial charge < -0.3 is 10.2 Å². The standard InChI is InChI=1S/C11H21N5O2S/c1-12-11-13-8-10(9-14-11)19(17,18)16(4)7-5-6-15(2)3/h8-9H,5-7H2,1-4H3,(H,12,13,14). The molecule has 0 aliphatic carbocycles. The van der Waals surface area contributed by atoms with Crippen LogP contribution in [0.3, 0.4) is 0 Å². The van der Waals surface area contributed by atoms with E-state index in [1.165, 1.54) is 16.7 Å². The van der Waals surface area contributed by atoms with Crippen LogP contribution in [0.4, 0.5) is 5.95 Å². The first-order valence-electron chi connectivity index (χ1n) is 5.99. The molecular weight excluding hydrogens is 266 g/mol. The molecule has 0 atom stereocenters. The summed E-state index contributed by atoms with van der Waals surface area (Å²) in [6.45, 7) is 1.31. The largest absolute Gasteiger partial charge is 0.357 e. The van der Waals surface area contributed by atoms with Crippen molar-refractivity contribution < 1.29 is 8.42 Å². The Bertz CT molecular complexity index is 486. The molecule has 19 heavy (non-hydrogen) atoms. The second-order valence-electron chi connectivity index (χ2n) is 4.48. The highest BCUT2D eigenvalue weighted by atomic mass is 32.2. The average molecular weight is 287 g/mol. The van der Waals surface area contributed by atoms with Gasteiger partial charge in [0.2, 0.25) is 16.0 Å². The highest BCUT2D eigenvalue weighted by molar-refractivity contribution is 7.89. The number of aromatic nitrogens is 2. The maximum Gasteiger partial charge on any atom is 0.245 e. The van der Waals surface area contributed by atoms with Crippen LogP contribution in [-0.2, 0) is 10.0 Å². The van der Waals surface area contributed by atoms with Gasteiger partial charge in [-0.2, -0.15) is 0 Å². The molecule has 0 aromatic carbocycles. The first-order chi connectivity index (χ1) is 8.87. The summed E-state index contributed by atoms with van der Waals surface area (Å²) in [5.74, 6) is 0.397. The van der Waals surface area contributed by atoms with Gasteiger partial charge in [-0.3, -0.25) is 0 Å². The summed E-state index contributed by atoms with van der Waals surface area (Å²) < 4.78 is 25.8. The molecule has 108 valence electrons. The van der Waals surface area contributed by atoms with Crippen molar-refractivity contribution >= 4 is 16.0 Å². The molecule has 0 amide bonds. The Morgan fingerprint density at radius 1 is 1.16 bits per heavy atom. The van der Waals surface area contributed by atoms with Crippen LogP contribution in [0.25, 0.3) is 0 Å². The van der Waals surface area contributed by atoms with Crippen molar-refractivity contribution in [2.24, 2.45) is 0 Å². The summed E-state index contributed by atoms with van der Waals surface area (Å²) in [6.07, 6.45) is 3.41. The molecule has 1 aromatic heterocycles. The summed E-state index contributed by atoms with van der Waals surface area (Å²) in [5, 5.41) is 2.75. The van der Waals surface area contributed by atoms with E-state index in [9.17, 15) is 8.42 Å². The van der Waals surface area contributed by atoms with E-state index in [1.54, 1.807) is 14.1 Å². The molecule has 0 saturated heterocycles. The van der Waals surface area contributed by atoms with E-state index in [-0.39, 0.29) is 4.90 Å². The lowest BCUT2D eigenvalue weighted by Crippen LogP contribution is -2.30. The topological polar surface area (TPSA) is 78.4 Å². The third kappa shape index (κ3) is 4.41. The number of rotatable bonds is 7. The monoisotopic (exact) mass is 287 g/mol. The van der Waals surface area contributed by atoms with Gasteiger partial charge in [0.25, 0.3) is 0 Å². The number of nitrogens with zero attached hydrogens (tertiary/aromatic N) is 4. The van der Waals surface area contributed by atoms with Gasteiger partial charge in [0.15, 0.2) is 0 Å². The number of hydrogen-bond donors (Lipinski definition) is 1. The van der Waals surface area contributed by atoms with Crippen molar-refractivity contribution in [1.82, 2.24) is 19.2 Å². The number of hydrogen-bond acceptors (Lipinski definition) is 6. The maximum absolute atomic E-state index is 12.2. The van der Waals surface area contributed by atoms with Gasteiger partial charge in [-0.1, -0.05) is 0 Å². The fourth-order valence-electron chi connectivity index (χ4n) is 1.49. The van der Waals surface area contributed by atoms with E-state index >= 15 is 0 Å². The maximum atomic E-state index is 12.2. The Labute approximate surface area is 114 Å². The molecule has 1 N–H and O–H groups in total. The molecule has 0 spiro atoms. The normalized spacial score (nSPS) is 12.1. The third-order valence-electron chi connectivity index (χ3n) is 2.64. The van der Waals surface area contributed by atoms with Crippen LogP contribution in [0.2, 0.25) is 0 Å². The van der Waals surface area contributed by atoms with Crippen molar-refractivity contribution in [1.29, 1.82) is 0 Å². The van der Waals surface area contributed by atoms with Gasteiger partial charge in [-0.05, 0) is 27.1 Å². The first-order valence-corrected chi connectivity index (χ1v) is 7.43. The zero-order valence-electron chi connectivity index (χ0n) is 11.8. The first kappa shape index (κ1) is 15.8. The average Bonchev–Trinajstić information content (AvgIpc) is 2.38. The lowest BCUT2D eigenvalue weighted by atomic mass is 10.4. The van der Waals surface area contributed by atoms with E-state index in [1.807, 2.05) is 19.0 Å². The molecular formula is C11H21N5O2S. The predicted molar refractivity (Wildman–Crippen MR) is 74.6 cm³/mol. The fourth-order valence-corrected chi connectivity index (χ4v) is 2.59. The molecule has 7 nitrogen and oxygen atoms in total. The van der Waals surface area contributed by atoms with Gasteiger partial charge in [0.1, 0.15) is 4.90 Å². The van der Waals surface area contributed by atoms with E-state index in [4.69, 9.17) is 0 Å².